The third-order valence-electron chi connectivity index (χ3n) is 15.1. The van der Waals surface area contributed by atoms with E-state index in [-0.39, 0.29) is 0 Å². The number of nitrogens with one attached hydrogen (secondary N) is 1. The fourth-order valence-electron chi connectivity index (χ4n) is 10.1. The molecule has 0 aromatic carbocycles. The monoisotopic (exact) mass is 1000 g/mol. The number of hydrogen-bond acceptors (Lipinski definition) is 5. The topological polar surface area (TPSA) is 110 Å². The molecular weight excluding hydrogens is 875 g/mol. The predicted octanol–water partition coefficient (Wildman–Crippen LogP) is 19.1. The minimum absolute atomic E-state index is 0.362. The van der Waals surface area contributed by atoms with E-state index in [1.165, 1.54) is 270 Å². The maximum absolute atomic E-state index is 12.6. The van der Waals surface area contributed by atoms with Gasteiger partial charge < -0.3 is 25.7 Å². The minimum atomic E-state index is -1.28. The minimum Gasteiger partial charge on any atom is -0.394 e. The number of amides is 1. The summed E-state index contributed by atoms with van der Waals surface area (Å²) in [5.41, 5.74) is 0. The second-order valence-corrected chi connectivity index (χ2v) is 22.1. The van der Waals surface area contributed by atoms with Crippen LogP contribution >= 0.6 is 0 Å². The van der Waals surface area contributed by atoms with Crippen molar-refractivity contribution in [1.29, 1.82) is 0 Å². The number of carbonyl (C=O) groups excluding carboxylic acids is 1. The Morgan fingerprint density at radius 1 is 0.352 bits per heavy atom. The van der Waals surface area contributed by atoms with Gasteiger partial charge in [-0.05, 0) is 70.6 Å². The zero-order chi connectivity index (χ0) is 51.6. The largest absolute Gasteiger partial charge is 0.394 e. The molecule has 71 heavy (non-hydrogen) atoms. The maximum atomic E-state index is 12.6. The SMILES string of the molecule is CCCCCCCCCCC/C=C\C/C=C\CCCCCCCCCCCCCCC(O)C(=O)NC(CO)C(O)C(O)CCC/C=C/CCCCCCCCCCCCCCCCCCCCCCCC. The normalized spacial score (nSPS) is 13.8. The van der Waals surface area contributed by atoms with Crippen LogP contribution in [0.2, 0.25) is 0 Å². The standard InChI is InChI=1S/C65H125NO5/c1-3-5-7-9-11-13-15-17-19-21-23-25-27-29-31-33-35-37-39-41-43-45-47-49-51-53-55-57-59-63(69)65(71)66-61(60-67)64(70)62(68)58-56-54-52-50-48-46-44-42-40-38-36-34-32-30-28-26-24-22-20-18-16-14-12-10-8-6-4-2/h23,25,29,31,50,52,61-64,67-70H,3-22,24,26-28,30,32-49,51,53-60H2,1-2H3,(H,66,71)/b25-23-,31-29-,52-50+. The number of aliphatic hydroxyl groups excluding tert-OH is 4. The van der Waals surface area contributed by atoms with Crippen LogP contribution in [0, 0.1) is 0 Å². The molecule has 0 saturated heterocycles. The van der Waals surface area contributed by atoms with Crippen molar-refractivity contribution in [1.82, 2.24) is 5.32 Å². The Morgan fingerprint density at radius 3 is 0.930 bits per heavy atom. The molecule has 0 saturated carbocycles. The first-order valence-corrected chi connectivity index (χ1v) is 31.9. The summed E-state index contributed by atoms with van der Waals surface area (Å²) in [5.74, 6) is -0.590. The van der Waals surface area contributed by atoms with Gasteiger partial charge >= 0.3 is 0 Å². The van der Waals surface area contributed by atoms with Crippen LogP contribution < -0.4 is 5.32 Å². The fraction of sp³-hybridized carbons (Fsp3) is 0.892. The van der Waals surface area contributed by atoms with Crippen molar-refractivity contribution >= 4 is 5.91 Å². The molecule has 0 aliphatic rings. The Labute approximate surface area is 443 Å². The first-order valence-electron chi connectivity index (χ1n) is 31.9. The van der Waals surface area contributed by atoms with Crippen molar-refractivity contribution in [2.75, 3.05) is 6.61 Å². The molecule has 6 nitrogen and oxygen atoms in total. The van der Waals surface area contributed by atoms with Gasteiger partial charge in [0.1, 0.15) is 12.2 Å². The van der Waals surface area contributed by atoms with E-state index >= 15 is 0 Å². The summed E-state index contributed by atoms with van der Waals surface area (Å²) in [4.78, 5) is 12.6. The lowest BCUT2D eigenvalue weighted by atomic mass is 10.00. The van der Waals surface area contributed by atoms with E-state index < -0.39 is 36.9 Å². The molecule has 0 radical (unpaired) electrons. The molecule has 0 aliphatic carbocycles. The molecular formula is C65H125NO5. The molecule has 0 aliphatic heterocycles. The van der Waals surface area contributed by atoms with E-state index in [0.29, 0.717) is 12.8 Å². The first kappa shape index (κ1) is 69.5. The molecule has 4 atom stereocenters. The predicted molar refractivity (Wildman–Crippen MR) is 311 cm³/mol. The van der Waals surface area contributed by atoms with E-state index in [2.05, 4.69) is 55.6 Å². The van der Waals surface area contributed by atoms with Gasteiger partial charge in [-0.3, -0.25) is 4.79 Å². The summed E-state index contributed by atoms with van der Waals surface area (Å²) >= 11 is 0. The second-order valence-electron chi connectivity index (χ2n) is 22.1. The number of aliphatic hydroxyl groups is 4. The second kappa shape index (κ2) is 59.4. The van der Waals surface area contributed by atoms with Gasteiger partial charge in [0.05, 0.1) is 18.8 Å². The van der Waals surface area contributed by atoms with Crippen molar-refractivity contribution in [3.8, 4) is 0 Å². The molecule has 0 heterocycles. The highest BCUT2D eigenvalue weighted by atomic mass is 16.3. The Morgan fingerprint density at radius 2 is 0.620 bits per heavy atom. The zero-order valence-corrected chi connectivity index (χ0v) is 47.7. The highest BCUT2D eigenvalue weighted by Gasteiger charge is 2.28. The van der Waals surface area contributed by atoms with Gasteiger partial charge in [0.25, 0.3) is 0 Å². The van der Waals surface area contributed by atoms with E-state index in [9.17, 15) is 25.2 Å². The Hall–Kier alpha value is -1.47. The molecule has 0 aromatic rings. The Bertz CT molecular complexity index is 1120. The average Bonchev–Trinajstić information content (AvgIpc) is 3.38. The smallest absolute Gasteiger partial charge is 0.249 e. The Balaban J connectivity index is 3.62. The number of rotatable bonds is 59. The van der Waals surface area contributed by atoms with Crippen molar-refractivity contribution in [2.45, 2.75) is 366 Å². The molecule has 0 rings (SSSR count). The van der Waals surface area contributed by atoms with Crippen LogP contribution in [0.4, 0.5) is 0 Å². The number of hydrogen-bond donors (Lipinski definition) is 5. The van der Waals surface area contributed by atoms with Crippen LogP contribution in [0.5, 0.6) is 0 Å². The van der Waals surface area contributed by atoms with Gasteiger partial charge in [-0.25, -0.2) is 0 Å². The lowest BCUT2D eigenvalue weighted by Crippen LogP contribution is -2.53. The van der Waals surface area contributed by atoms with Gasteiger partial charge in [-0.2, -0.15) is 0 Å². The number of carbonyl (C=O) groups is 1. The van der Waals surface area contributed by atoms with Crippen LogP contribution in [0.25, 0.3) is 0 Å². The van der Waals surface area contributed by atoms with Gasteiger partial charge in [0.2, 0.25) is 5.91 Å². The first-order chi connectivity index (χ1) is 35.0. The summed E-state index contributed by atoms with van der Waals surface area (Å²) in [5, 5.41) is 44.1. The van der Waals surface area contributed by atoms with Crippen LogP contribution in [-0.2, 0) is 4.79 Å². The molecule has 0 bridgehead atoms. The molecule has 420 valence electrons. The molecule has 0 spiro atoms. The van der Waals surface area contributed by atoms with Crippen molar-refractivity contribution in [3.05, 3.63) is 36.5 Å². The van der Waals surface area contributed by atoms with Crippen LogP contribution in [0.15, 0.2) is 36.5 Å². The molecule has 0 aromatic heterocycles. The summed E-state index contributed by atoms with van der Waals surface area (Å²) in [7, 11) is 0. The maximum Gasteiger partial charge on any atom is 0.249 e. The summed E-state index contributed by atoms with van der Waals surface area (Å²) in [6.07, 6.45) is 75.3. The number of unbranched alkanes of at least 4 members (excludes halogenated alkanes) is 44. The molecule has 6 heteroatoms. The fourth-order valence-corrected chi connectivity index (χ4v) is 10.1. The van der Waals surface area contributed by atoms with Gasteiger partial charge in [0.15, 0.2) is 0 Å². The summed E-state index contributed by atoms with van der Waals surface area (Å²) in [6.45, 7) is 4.09. The Kier molecular flexibility index (Phi) is 58.2. The summed E-state index contributed by atoms with van der Waals surface area (Å²) in [6, 6.07) is -1.00. The van der Waals surface area contributed by atoms with E-state index in [1.54, 1.807) is 0 Å². The zero-order valence-electron chi connectivity index (χ0n) is 47.7. The highest BCUT2D eigenvalue weighted by Crippen LogP contribution is 2.18. The van der Waals surface area contributed by atoms with Crippen molar-refractivity contribution < 1.29 is 25.2 Å². The van der Waals surface area contributed by atoms with Gasteiger partial charge in [-0.1, -0.05) is 307 Å². The van der Waals surface area contributed by atoms with Crippen molar-refractivity contribution in [2.24, 2.45) is 0 Å². The number of allylic oxidation sites excluding steroid dienone is 6. The molecule has 1 amide bonds. The van der Waals surface area contributed by atoms with E-state index in [1.807, 2.05) is 0 Å². The lowest BCUT2D eigenvalue weighted by molar-refractivity contribution is -0.132. The van der Waals surface area contributed by atoms with Crippen LogP contribution in [0.1, 0.15) is 341 Å². The average molecular weight is 1000 g/mol. The molecule has 5 N–H and O–H groups in total. The van der Waals surface area contributed by atoms with Crippen LogP contribution in [0.3, 0.4) is 0 Å². The van der Waals surface area contributed by atoms with Gasteiger partial charge in [0, 0.05) is 0 Å². The van der Waals surface area contributed by atoms with Gasteiger partial charge in [-0.15, -0.1) is 0 Å². The van der Waals surface area contributed by atoms with E-state index in [0.717, 1.165) is 44.9 Å². The quantitative estimate of drug-likeness (QED) is 0.0308. The molecule has 0 fully saturated rings. The molecule has 4 unspecified atom stereocenters. The lowest BCUT2D eigenvalue weighted by Gasteiger charge is -2.27. The highest BCUT2D eigenvalue weighted by molar-refractivity contribution is 5.80. The van der Waals surface area contributed by atoms with Crippen molar-refractivity contribution in [3.63, 3.8) is 0 Å². The third kappa shape index (κ3) is 53.2. The third-order valence-corrected chi connectivity index (χ3v) is 15.1. The van der Waals surface area contributed by atoms with Crippen LogP contribution in [-0.4, -0.2) is 57.3 Å². The summed E-state index contributed by atoms with van der Waals surface area (Å²) < 4.78 is 0. The van der Waals surface area contributed by atoms with E-state index in [4.69, 9.17) is 0 Å².